The van der Waals surface area contributed by atoms with Gasteiger partial charge in [0.1, 0.15) is 5.82 Å². The molecule has 0 bridgehead atoms. The van der Waals surface area contributed by atoms with Crippen LogP contribution in [0.15, 0.2) is 24.3 Å². The van der Waals surface area contributed by atoms with Crippen LogP contribution >= 0.6 is 11.8 Å². The third kappa shape index (κ3) is 6.98. The number of benzene rings is 1. The van der Waals surface area contributed by atoms with Crippen molar-refractivity contribution in [2.75, 3.05) is 44.7 Å². The average molecular weight is 367 g/mol. The SMILES string of the molecule is CCN(C[C@H]1CCCN(CCc2cccc(F)c2)C1)C(=O)CCSC. The third-order valence-electron chi connectivity index (χ3n) is 4.94. The van der Waals surface area contributed by atoms with Crippen molar-refractivity contribution < 1.29 is 9.18 Å². The second-order valence-electron chi connectivity index (χ2n) is 6.86. The first kappa shape index (κ1) is 20.2. The third-order valence-corrected chi connectivity index (χ3v) is 5.55. The number of nitrogens with zero attached hydrogens (tertiary/aromatic N) is 2. The number of carbonyl (C=O) groups excluding carboxylic acids is 1. The monoisotopic (exact) mass is 366 g/mol. The molecule has 0 radical (unpaired) electrons. The molecule has 1 atom stereocenters. The Hall–Kier alpha value is -1.07. The molecule has 0 aliphatic carbocycles. The molecule has 1 aromatic rings. The van der Waals surface area contributed by atoms with Gasteiger partial charge in [-0.15, -0.1) is 0 Å². The molecule has 0 aromatic heterocycles. The predicted octanol–water partition coefficient (Wildman–Crippen LogP) is 3.68. The van der Waals surface area contributed by atoms with Crippen LogP contribution in [0.3, 0.4) is 0 Å². The van der Waals surface area contributed by atoms with Crippen molar-refractivity contribution in [3.8, 4) is 0 Å². The van der Waals surface area contributed by atoms with Crippen molar-refractivity contribution in [1.29, 1.82) is 0 Å². The molecule has 25 heavy (non-hydrogen) atoms. The first-order valence-corrected chi connectivity index (χ1v) is 10.7. The number of rotatable bonds is 9. The number of thioether (sulfide) groups is 1. The quantitative estimate of drug-likeness (QED) is 0.666. The van der Waals surface area contributed by atoms with E-state index in [0.717, 1.165) is 50.5 Å². The first-order valence-electron chi connectivity index (χ1n) is 9.36. The van der Waals surface area contributed by atoms with Crippen molar-refractivity contribution in [3.63, 3.8) is 0 Å². The molecule has 1 aliphatic heterocycles. The number of hydrogen-bond acceptors (Lipinski definition) is 3. The fourth-order valence-corrected chi connectivity index (χ4v) is 3.93. The van der Waals surface area contributed by atoms with E-state index >= 15 is 0 Å². The van der Waals surface area contributed by atoms with Gasteiger partial charge in [-0.3, -0.25) is 4.79 Å². The van der Waals surface area contributed by atoms with E-state index in [9.17, 15) is 9.18 Å². The van der Waals surface area contributed by atoms with E-state index in [-0.39, 0.29) is 11.7 Å². The Morgan fingerprint density at radius 3 is 3.00 bits per heavy atom. The Morgan fingerprint density at radius 2 is 2.28 bits per heavy atom. The van der Waals surface area contributed by atoms with Crippen molar-refractivity contribution in [1.82, 2.24) is 9.80 Å². The summed E-state index contributed by atoms with van der Waals surface area (Å²) in [6.45, 7) is 6.86. The molecule has 5 heteroatoms. The summed E-state index contributed by atoms with van der Waals surface area (Å²) in [7, 11) is 0. The standard InChI is InChI=1S/C20H31FN2OS/c1-3-23(20(24)10-13-25-2)16-18-7-5-11-22(15-18)12-9-17-6-4-8-19(21)14-17/h4,6,8,14,18H,3,5,7,9-13,15-16H2,1-2H3/t18-/m0/s1. The highest BCUT2D eigenvalue weighted by Crippen LogP contribution is 2.19. The number of halogens is 1. The molecule has 140 valence electrons. The highest BCUT2D eigenvalue weighted by molar-refractivity contribution is 7.98. The maximum absolute atomic E-state index is 13.3. The van der Waals surface area contributed by atoms with Gasteiger partial charge < -0.3 is 9.80 Å². The second-order valence-corrected chi connectivity index (χ2v) is 7.85. The molecule has 1 heterocycles. The molecule has 1 saturated heterocycles. The molecule has 0 unspecified atom stereocenters. The lowest BCUT2D eigenvalue weighted by atomic mass is 9.96. The van der Waals surface area contributed by atoms with E-state index in [1.807, 2.05) is 17.2 Å². The van der Waals surface area contributed by atoms with Crippen molar-refractivity contribution >= 4 is 17.7 Å². The number of carbonyl (C=O) groups is 1. The van der Waals surface area contributed by atoms with Gasteiger partial charge in [-0.05, 0) is 62.6 Å². The molecule has 0 saturated carbocycles. The Balaban J connectivity index is 1.80. The summed E-state index contributed by atoms with van der Waals surface area (Å²) in [5.74, 6) is 1.59. The Bertz CT molecular complexity index is 540. The summed E-state index contributed by atoms with van der Waals surface area (Å²) in [4.78, 5) is 16.8. The maximum atomic E-state index is 13.3. The largest absolute Gasteiger partial charge is 0.343 e. The van der Waals surface area contributed by atoms with E-state index < -0.39 is 0 Å². The van der Waals surface area contributed by atoms with E-state index in [0.29, 0.717) is 12.3 Å². The van der Waals surface area contributed by atoms with E-state index in [1.54, 1.807) is 23.9 Å². The zero-order chi connectivity index (χ0) is 18.1. The van der Waals surface area contributed by atoms with Crippen LogP contribution < -0.4 is 0 Å². The van der Waals surface area contributed by atoms with Crippen LogP contribution in [0, 0.1) is 11.7 Å². The van der Waals surface area contributed by atoms with Gasteiger partial charge in [-0.2, -0.15) is 11.8 Å². The zero-order valence-electron chi connectivity index (χ0n) is 15.5. The number of piperidine rings is 1. The molecular formula is C20H31FN2OS. The summed E-state index contributed by atoms with van der Waals surface area (Å²) >= 11 is 1.73. The Kier molecular flexibility index (Phi) is 8.76. The van der Waals surface area contributed by atoms with Gasteiger partial charge in [0, 0.05) is 38.4 Å². The minimum atomic E-state index is -0.156. The lowest BCUT2D eigenvalue weighted by Crippen LogP contribution is -2.43. The average Bonchev–Trinajstić information content (AvgIpc) is 2.63. The highest BCUT2D eigenvalue weighted by atomic mass is 32.2. The van der Waals surface area contributed by atoms with Gasteiger partial charge >= 0.3 is 0 Å². The number of amides is 1. The topological polar surface area (TPSA) is 23.6 Å². The molecular weight excluding hydrogens is 335 g/mol. The summed E-state index contributed by atoms with van der Waals surface area (Å²) < 4.78 is 13.3. The minimum Gasteiger partial charge on any atom is -0.343 e. The van der Waals surface area contributed by atoms with Crippen LogP contribution in [-0.2, 0) is 11.2 Å². The predicted molar refractivity (Wildman–Crippen MR) is 105 cm³/mol. The molecule has 1 amide bonds. The van der Waals surface area contributed by atoms with Crippen molar-refractivity contribution in [2.45, 2.75) is 32.6 Å². The lowest BCUT2D eigenvalue weighted by Gasteiger charge is -2.35. The first-order chi connectivity index (χ1) is 12.1. The van der Waals surface area contributed by atoms with Crippen LogP contribution in [0.2, 0.25) is 0 Å². The summed E-state index contributed by atoms with van der Waals surface area (Å²) in [6.07, 6.45) is 5.95. The van der Waals surface area contributed by atoms with Crippen LogP contribution in [-0.4, -0.2) is 60.4 Å². The van der Waals surface area contributed by atoms with Crippen LogP contribution in [0.25, 0.3) is 0 Å². The van der Waals surface area contributed by atoms with Gasteiger partial charge in [0.25, 0.3) is 0 Å². The van der Waals surface area contributed by atoms with E-state index in [4.69, 9.17) is 0 Å². The van der Waals surface area contributed by atoms with Gasteiger partial charge in [0.15, 0.2) is 0 Å². The fraction of sp³-hybridized carbons (Fsp3) is 0.650. The Morgan fingerprint density at radius 1 is 1.44 bits per heavy atom. The smallest absolute Gasteiger partial charge is 0.223 e. The van der Waals surface area contributed by atoms with Gasteiger partial charge in [0.05, 0.1) is 0 Å². The Labute approximate surface area is 156 Å². The minimum absolute atomic E-state index is 0.156. The highest BCUT2D eigenvalue weighted by Gasteiger charge is 2.23. The van der Waals surface area contributed by atoms with Crippen LogP contribution in [0.4, 0.5) is 4.39 Å². The zero-order valence-corrected chi connectivity index (χ0v) is 16.4. The summed E-state index contributed by atoms with van der Waals surface area (Å²) in [6, 6.07) is 6.90. The van der Waals surface area contributed by atoms with Crippen molar-refractivity contribution in [3.05, 3.63) is 35.6 Å². The number of hydrogen-bond donors (Lipinski definition) is 0. The summed E-state index contributed by atoms with van der Waals surface area (Å²) in [5, 5.41) is 0. The van der Waals surface area contributed by atoms with Gasteiger partial charge in [-0.1, -0.05) is 12.1 Å². The van der Waals surface area contributed by atoms with Crippen molar-refractivity contribution in [2.24, 2.45) is 5.92 Å². The van der Waals surface area contributed by atoms with Gasteiger partial charge in [0.2, 0.25) is 5.91 Å². The lowest BCUT2D eigenvalue weighted by molar-refractivity contribution is -0.131. The van der Waals surface area contributed by atoms with Crippen LogP contribution in [0.1, 0.15) is 31.7 Å². The molecule has 1 aromatic carbocycles. The molecule has 0 spiro atoms. The fourth-order valence-electron chi connectivity index (χ4n) is 3.55. The molecule has 1 fully saturated rings. The molecule has 0 N–H and O–H groups in total. The van der Waals surface area contributed by atoms with Crippen LogP contribution in [0.5, 0.6) is 0 Å². The van der Waals surface area contributed by atoms with Gasteiger partial charge in [-0.25, -0.2) is 4.39 Å². The normalized spacial score (nSPS) is 18.3. The molecule has 3 nitrogen and oxygen atoms in total. The van der Waals surface area contributed by atoms with E-state index in [1.165, 1.54) is 18.9 Å². The molecule has 1 aliphatic rings. The maximum Gasteiger partial charge on any atom is 0.223 e. The summed E-state index contributed by atoms with van der Waals surface area (Å²) in [5.41, 5.74) is 1.06. The second kappa shape index (κ2) is 10.8. The van der Waals surface area contributed by atoms with E-state index in [2.05, 4.69) is 11.8 Å². The molecule has 2 rings (SSSR count). The number of likely N-dealkylation sites (tertiary alicyclic amines) is 1.